The summed E-state index contributed by atoms with van der Waals surface area (Å²) in [5.41, 5.74) is 2.52. The lowest BCUT2D eigenvalue weighted by Gasteiger charge is -2.30. The minimum absolute atomic E-state index is 0.180. The number of anilines is 3. The van der Waals surface area contributed by atoms with Crippen LogP contribution in [-0.4, -0.2) is 29.8 Å². The van der Waals surface area contributed by atoms with E-state index < -0.39 is 11.8 Å². The van der Waals surface area contributed by atoms with Gasteiger partial charge in [-0.1, -0.05) is 37.5 Å². The van der Waals surface area contributed by atoms with Gasteiger partial charge in [-0.15, -0.1) is 0 Å². The van der Waals surface area contributed by atoms with E-state index in [4.69, 9.17) is 0 Å². The summed E-state index contributed by atoms with van der Waals surface area (Å²) in [5.74, 6) is -1.05. The van der Waals surface area contributed by atoms with Gasteiger partial charge in [-0.25, -0.2) is 0 Å². The highest BCUT2D eigenvalue weighted by Crippen LogP contribution is 2.22. The number of amides is 2. The van der Waals surface area contributed by atoms with Gasteiger partial charge < -0.3 is 15.5 Å². The molecule has 2 amide bonds. The topological polar surface area (TPSA) is 61.4 Å². The van der Waals surface area contributed by atoms with Crippen molar-refractivity contribution in [3.8, 4) is 0 Å². The van der Waals surface area contributed by atoms with E-state index in [0.717, 1.165) is 37.1 Å². The number of rotatable bonds is 4. The van der Waals surface area contributed by atoms with Crippen molar-refractivity contribution in [2.75, 3.05) is 17.7 Å². The van der Waals surface area contributed by atoms with Crippen LogP contribution in [0.3, 0.4) is 0 Å². The molecule has 0 aliphatic heterocycles. The van der Waals surface area contributed by atoms with E-state index in [9.17, 15) is 9.59 Å². The molecule has 1 aliphatic carbocycles. The number of nitrogens with zero attached hydrogens (tertiary/aromatic N) is 1. The van der Waals surface area contributed by atoms with Gasteiger partial charge in [-0.05, 0) is 49.2 Å². The number of carbonyl (C=O) groups excluding carboxylic acids is 2. The maximum Gasteiger partial charge on any atom is 0.313 e. The van der Waals surface area contributed by atoms with Crippen LogP contribution in [0.2, 0.25) is 0 Å². The van der Waals surface area contributed by atoms with Crippen LogP contribution in [0.1, 0.15) is 32.1 Å². The SMILES string of the molecule is CN(C(=O)C(=O)Nc1ccc(Nc2ccccc2)cc1)C1CCCCC1. The Balaban J connectivity index is 1.56. The van der Waals surface area contributed by atoms with Crippen molar-refractivity contribution < 1.29 is 9.59 Å². The fourth-order valence-electron chi connectivity index (χ4n) is 3.30. The van der Waals surface area contributed by atoms with Crippen molar-refractivity contribution in [1.82, 2.24) is 4.90 Å². The second kappa shape index (κ2) is 8.52. The number of benzene rings is 2. The number of hydrogen-bond acceptors (Lipinski definition) is 3. The van der Waals surface area contributed by atoms with E-state index in [0.29, 0.717) is 5.69 Å². The predicted molar refractivity (Wildman–Crippen MR) is 104 cm³/mol. The first-order valence-electron chi connectivity index (χ1n) is 9.14. The highest BCUT2D eigenvalue weighted by atomic mass is 16.2. The van der Waals surface area contributed by atoms with Gasteiger partial charge in [-0.2, -0.15) is 0 Å². The molecule has 1 aliphatic rings. The average molecular weight is 351 g/mol. The minimum Gasteiger partial charge on any atom is -0.356 e. The van der Waals surface area contributed by atoms with Gasteiger partial charge in [0, 0.05) is 30.2 Å². The molecule has 3 rings (SSSR count). The maximum absolute atomic E-state index is 12.4. The molecule has 0 heterocycles. The number of para-hydroxylation sites is 1. The number of nitrogens with one attached hydrogen (secondary N) is 2. The normalized spacial score (nSPS) is 14.5. The van der Waals surface area contributed by atoms with E-state index in [2.05, 4.69) is 10.6 Å². The van der Waals surface area contributed by atoms with Crippen LogP contribution in [0, 0.1) is 0 Å². The maximum atomic E-state index is 12.4. The van der Waals surface area contributed by atoms with Crippen molar-refractivity contribution in [2.24, 2.45) is 0 Å². The zero-order valence-corrected chi connectivity index (χ0v) is 15.1. The van der Waals surface area contributed by atoms with Gasteiger partial charge in [0.05, 0.1) is 0 Å². The molecule has 2 aromatic carbocycles. The smallest absolute Gasteiger partial charge is 0.313 e. The number of hydrogen-bond donors (Lipinski definition) is 2. The molecular weight excluding hydrogens is 326 g/mol. The van der Waals surface area contributed by atoms with Crippen molar-refractivity contribution >= 4 is 28.9 Å². The highest BCUT2D eigenvalue weighted by molar-refractivity contribution is 6.39. The molecule has 2 aromatic rings. The molecule has 2 N–H and O–H groups in total. The zero-order chi connectivity index (χ0) is 18.4. The van der Waals surface area contributed by atoms with Crippen molar-refractivity contribution in [3.63, 3.8) is 0 Å². The second-order valence-corrected chi connectivity index (χ2v) is 6.73. The molecule has 5 nitrogen and oxygen atoms in total. The predicted octanol–water partition coefficient (Wildman–Crippen LogP) is 4.16. The largest absolute Gasteiger partial charge is 0.356 e. The number of carbonyl (C=O) groups is 2. The summed E-state index contributed by atoms with van der Waals surface area (Å²) in [7, 11) is 1.73. The minimum atomic E-state index is -0.582. The van der Waals surface area contributed by atoms with Crippen LogP contribution in [0.15, 0.2) is 54.6 Å². The van der Waals surface area contributed by atoms with E-state index in [1.165, 1.54) is 6.42 Å². The molecule has 0 bridgehead atoms. The fourth-order valence-corrected chi connectivity index (χ4v) is 3.30. The third-order valence-corrected chi connectivity index (χ3v) is 4.84. The van der Waals surface area contributed by atoms with Gasteiger partial charge in [0.25, 0.3) is 0 Å². The van der Waals surface area contributed by atoms with Gasteiger partial charge in [0.2, 0.25) is 0 Å². The molecular formula is C21H25N3O2. The van der Waals surface area contributed by atoms with E-state index >= 15 is 0 Å². The van der Waals surface area contributed by atoms with Crippen LogP contribution in [0.5, 0.6) is 0 Å². The molecule has 0 unspecified atom stereocenters. The molecule has 0 spiro atoms. The Morgan fingerprint density at radius 3 is 2.08 bits per heavy atom. The second-order valence-electron chi connectivity index (χ2n) is 6.73. The quantitative estimate of drug-likeness (QED) is 0.813. The van der Waals surface area contributed by atoms with Gasteiger partial charge in [0.1, 0.15) is 0 Å². The standard InChI is InChI=1S/C21H25N3O2/c1-24(19-10-6-3-7-11-19)21(26)20(25)23-18-14-12-17(13-15-18)22-16-8-4-2-5-9-16/h2,4-5,8-9,12-15,19,22H,3,6-7,10-11H2,1H3,(H,23,25). The summed E-state index contributed by atoms with van der Waals surface area (Å²) in [5, 5.41) is 5.98. The van der Waals surface area contributed by atoms with Crippen molar-refractivity contribution in [1.29, 1.82) is 0 Å². The molecule has 5 heteroatoms. The fraction of sp³-hybridized carbons (Fsp3) is 0.333. The first-order valence-corrected chi connectivity index (χ1v) is 9.14. The Bertz CT molecular complexity index is 738. The number of likely N-dealkylation sites (N-methyl/N-ethyl adjacent to an activating group) is 1. The Hall–Kier alpha value is -2.82. The van der Waals surface area contributed by atoms with E-state index in [1.54, 1.807) is 24.1 Å². The molecule has 26 heavy (non-hydrogen) atoms. The summed E-state index contributed by atoms with van der Waals surface area (Å²) in [6.07, 6.45) is 5.43. The van der Waals surface area contributed by atoms with Gasteiger partial charge in [0.15, 0.2) is 0 Å². The molecule has 0 aromatic heterocycles. The van der Waals surface area contributed by atoms with Crippen LogP contribution in [-0.2, 0) is 9.59 Å². The van der Waals surface area contributed by atoms with Crippen LogP contribution in [0.25, 0.3) is 0 Å². The first-order chi connectivity index (χ1) is 12.6. The monoisotopic (exact) mass is 351 g/mol. The van der Waals surface area contributed by atoms with Crippen LogP contribution in [0.4, 0.5) is 17.1 Å². The van der Waals surface area contributed by atoms with Crippen molar-refractivity contribution in [3.05, 3.63) is 54.6 Å². The molecule has 0 radical (unpaired) electrons. The summed E-state index contributed by atoms with van der Waals surface area (Å²) < 4.78 is 0. The van der Waals surface area contributed by atoms with Crippen LogP contribution < -0.4 is 10.6 Å². The lowest BCUT2D eigenvalue weighted by molar-refractivity contribution is -0.144. The third kappa shape index (κ3) is 4.63. The molecule has 1 saturated carbocycles. The van der Waals surface area contributed by atoms with E-state index in [-0.39, 0.29) is 6.04 Å². The lowest BCUT2D eigenvalue weighted by atomic mass is 9.94. The lowest BCUT2D eigenvalue weighted by Crippen LogP contribution is -2.44. The summed E-state index contributed by atoms with van der Waals surface area (Å²) in [6, 6.07) is 17.4. The Morgan fingerprint density at radius 2 is 1.42 bits per heavy atom. The van der Waals surface area contributed by atoms with Crippen molar-refractivity contribution in [2.45, 2.75) is 38.1 Å². The summed E-state index contributed by atoms with van der Waals surface area (Å²) in [6.45, 7) is 0. The Labute approximate surface area is 154 Å². The molecule has 0 saturated heterocycles. The molecule has 136 valence electrons. The zero-order valence-electron chi connectivity index (χ0n) is 15.1. The third-order valence-electron chi connectivity index (χ3n) is 4.84. The highest BCUT2D eigenvalue weighted by Gasteiger charge is 2.26. The Kier molecular flexibility index (Phi) is 5.89. The summed E-state index contributed by atoms with van der Waals surface area (Å²) in [4.78, 5) is 26.2. The Morgan fingerprint density at radius 1 is 0.846 bits per heavy atom. The van der Waals surface area contributed by atoms with Gasteiger partial charge >= 0.3 is 11.8 Å². The van der Waals surface area contributed by atoms with Gasteiger partial charge in [-0.3, -0.25) is 9.59 Å². The summed E-state index contributed by atoms with van der Waals surface area (Å²) >= 11 is 0. The van der Waals surface area contributed by atoms with Crippen LogP contribution >= 0.6 is 0 Å². The molecule has 1 fully saturated rings. The molecule has 0 atom stereocenters. The van der Waals surface area contributed by atoms with E-state index in [1.807, 2.05) is 42.5 Å². The average Bonchev–Trinajstić information content (AvgIpc) is 2.70. The first kappa shape index (κ1) is 18.0.